The molecule has 0 fully saturated rings. The van der Waals surface area contributed by atoms with E-state index in [0.717, 1.165) is 4.31 Å². The van der Waals surface area contributed by atoms with Gasteiger partial charge >= 0.3 is 5.97 Å². The van der Waals surface area contributed by atoms with Crippen LogP contribution >= 0.6 is 15.9 Å². The Morgan fingerprint density at radius 2 is 2.12 bits per heavy atom. The summed E-state index contributed by atoms with van der Waals surface area (Å²) in [6, 6.07) is 6.28. The minimum atomic E-state index is -3.62. The summed E-state index contributed by atoms with van der Waals surface area (Å²) in [5.41, 5.74) is 0. The number of carboxylic acid groups (broad SMARTS) is 1. The van der Waals surface area contributed by atoms with Crippen LogP contribution in [0.5, 0.6) is 0 Å². The summed E-state index contributed by atoms with van der Waals surface area (Å²) >= 11 is 3.19. The summed E-state index contributed by atoms with van der Waals surface area (Å²) < 4.78 is 25.7. The fourth-order valence-corrected chi connectivity index (χ4v) is 2.95. The van der Waals surface area contributed by atoms with E-state index in [1.807, 2.05) is 0 Å². The van der Waals surface area contributed by atoms with E-state index in [9.17, 15) is 13.2 Å². The Hall–Kier alpha value is -0.920. The Balaban J connectivity index is 2.91. The molecule has 17 heavy (non-hydrogen) atoms. The summed E-state index contributed by atoms with van der Waals surface area (Å²) in [6.45, 7) is -0.0514. The van der Waals surface area contributed by atoms with Crippen molar-refractivity contribution in [3.63, 3.8) is 0 Å². The molecule has 0 aromatic heterocycles. The quantitative estimate of drug-likeness (QED) is 0.892. The summed E-state index contributed by atoms with van der Waals surface area (Å²) in [4.78, 5) is 10.5. The van der Waals surface area contributed by atoms with Crippen molar-refractivity contribution in [2.45, 2.75) is 11.3 Å². The van der Waals surface area contributed by atoms with Crippen LogP contribution in [0.2, 0.25) is 0 Å². The second-order valence-electron chi connectivity index (χ2n) is 3.43. The number of hydrogen-bond donors (Lipinski definition) is 1. The molecule has 0 heterocycles. The molecule has 0 aliphatic heterocycles. The number of nitrogens with zero attached hydrogens (tertiary/aromatic N) is 1. The number of sulfonamides is 1. The van der Waals surface area contributed by atoms with E-state index in [4.69, 9.17) is 5.11 Å². The molecule has 94 valence electrons. The zero-order valence-corrected chi connectivity index (χ0v) is 11.5. The van der Waals surface area contributed by atoms with Crippen molar-refractivity contribution in [3.05, 3.63) is 28.7 Å². The van der Waals surface area contributed by atoms with Gasteiger partial charge in [0.2, 0.25) is 10.0 Å². The molecule has 5 nitrogen and oxygen atoms in total. The van der Waals surface area contributed by atoms with Crippen molar-refractivity contribution in [2.24, 2.45) is 0 Å². The Bertz CT molecular complexity index is 515. The molecule has 0 unspecified atom stereocenters. The van der Waals surface area contributed by atoms with Crippen LogP contribution < -0.4 is 0 Å². The molecule has 0 aliphatic rings. The third kappa shape index (κ3) is 3.79. The molecule has 0 spiro atoms. The molecule has 0 bridgehead atoms. The number of halogens is 1. The fourth-order valence-electron chi connectivity index (χ4n) is 1.18. The Morgan fingerprint density at radius 1 is 1.47 bits per heavy atom. The molecular formula is C10H12BrNO4S. The largest absolute Gasteiger partial charge is 0.481 e. The smallest absolute Gasteiger partial charge is 0.304 e. The first-order chi connectivity index (χ1) is 7.84. The minimum Gasteiger partial charge on any atom is -0.481 e. The van der Waals surface area contributed by atoms with E-state index in [2.05, 4.69) is 15.9 Å². The third-order valence-electron chi connectivity index (χ3n) is 2.14. The molecule has 1 aromatic carbocycles. The van der Waals surface area contributed by atoms with Crippen LogP contribution in [0, 0.1) is 0 Å². The van der Waals surface area contributed by atoms with Gasteiger partial charge in [0.25, 0.3) is 0 Å². The van der Waals surface area contributed by atoms with E-state index in [0.29, 0.717) is 4.47 Å². The maximum atomic E-state index is 12.0. The normalized spacial score (nSPS) is 11.7. The van der Waals surface area contributed by atoms with Gasteiger partial charge in [-0.25, -0.2) is 12.7 Å². The van der Waals surface area contributed by atoms with Gasteiger partial charge in [-0.1, -0.05) is 22.0 Å². The molecule has 0 atom stereocenters. The van der Waals surface area contributed by atoms with E-state index in [1.54, 1.807) is 12.1 Å². The molecule has 0 saturated heterocycles. The number of benzene rings is 1. The van der Waals surface area contributed by atoms with Gasteiger partial charge in [-0.3, -0.25) is 4.79 Å². The van der Waals surface area contributed by atoms with Crippen molar-refractivity contribution in [1.29, 1.82) is 0 Å². The molecule has 1 N–H and O–H groups in total. The highest BCUT2D eigenvalue weighted by atomic mass is 79.9. The second-order valence-corrected chi connectivity index (χ2v) is 6.39. The Labute approximate surface area is 108 Å². The zero-order valence-electron chi connectivity index (χ0n) is 9.13. The minimum absolute atomic E-state index is 0.0514. The van der Waals surface area contributed by atoms with Gasteiger partial charge in [0, 0.05) is 18.1 Å². The third-order valence-corrected chi connectivity index (χ3v) is 4.49. The topological polar surface area (TPSA) is 74.7 Å². The lowest BCUT2D eigenvalue weighted by Crippen LogP contribution is -2.29. The van der Waals surface area contributed by atoms with Crippen LogP contribution in [0.1, 0.15) is 6.42 Å². The van der Waals surface area contributed by atoms with Gasteiger partial charge in [-0.05, 0) is 18.2 Å². The predicted octanol–water partition coefficient (Wildman–Crippen LogP) is 1.54. The molecule has 0 radical (unpaired) electrons. The number of rotatable bonds is 5. The van der Waals surface area contributed by atoms with Crippen LogP contribution in [-0.4, -0.2) is 37.4 Å². The summed E-state index contributed by atoms with van der Waals surface area (Å²) in [6.07, 6.45) is -0.219. The number of carbonyl (C=O) groups is 1. The average Bonchev–Trinajstić information content (AvgIpc) is 2.25. The molecule has 0 amide bonds. The molecule has 0 aliphatic carbocycles. The number of carboxylic acids is 1. The maximum Gasteiger partial charge on any atom is 0.304 e. The van der Waals surface area contributed by atoms with Gasteiger partial charge in [0.05, 0.1) is 11.3 Å². The van der Waals surface area contributed by atoms with E-state index in [1.165, 1.54) is 19.2 Å². The molecule has 7 heteroatoms. The van der Waals surface area contributed by atoms with Gasteiger partial charge in [0.1, 0.15) is 0 Å². The SMILES string of the molecule is CN(CCC(=O)O)S(=O)(=O)c1cccc(Br)c1. The van der Waals surface area contributed by atoms with Crippen LogP contribution in [0.3, 0.4) is 0 Å². The molecular weight excluding hydrogens is 310 g/mol. The summed E-state index contributed by atoms with van der Waals surface area (Å²) in [7, 11) is -2.26. The van der Waals surface area contributed by atoms with Crippen LogP contribution in [0.15, 0.2) is 33.6 Å². The van der Waals surface area contributed by atoms with Gasteiger partial charge < -0.3 is 5.11 Å². The molecule has 1 rings (SSSR count). The van der Waals surface area contributed by atoms with Gasteiger partial charge in [-0.15, -0.1) is 0 Å². The van der Waals surface area contributed by atoms with Gasteiger partial charge in [0.15, 0.2) is 0 Å². The first-order valence-corrected chi connectivity index (χ1v) is 7.01. The highest BCUT2D eigenvalue weighted by molar-refractivity contribution is 9.10. The van der Waals surface area contributed by atoms with Crippen LogP contribution in [-0.2, 0) is 14.8 Å². The first kappa shape index (κ1) is 14.1. The molecule has 1 aromatic rings. The Morgan fingerprint density at radius 3 is 2.65 bits per heavy atom. The Kier molecular flexibility index (Phi) is 4.67. The lowest BCUT2D eigenvalue weighted by molar-refractivity contribution is -0.137. The monoisotopic (exact) mass is 321 g/mol. The lowest BCUT2D eigenvalue weighted by Gasteiger charge is -2.16. The summed E-state index contributed by atoms with van der Waals surface area (Å²) in [5, 5.41) is 8.51. The highest BCUT2D eigenvalue weighted by Gasteiger charge is 2.21. The van der Waals surface area contributed by atoms with E-state index >= 15 is 0 Å². The maximum absolute atomic E-state index is 12.0. The van der Waals surface area contributed by atoms with Crippen molar-refractivity contribution in [2.75, 3.05) is 13.6 Å². The van der Waals surface area contributed by atoms with E-state index in [-0.39, 0.29) is 17.9 Å². The van der Waals surface area contributed by atoms with Crippen molar-refractivity contribution < 1.29 is 18.3 Å². The average molecular weight is 322 g/mol. The van der Waals surface area contributed by atoms with Crippen molar-refractivity contribution in [1.82, 2.24) is 4.31 Å². The fraction of sp³-hybridized carbons (Fsp3) is 0.300. The summed E-state index contributed by atoms with van der Waals surface area (Å²) in [5.74, 6) is -1.03. The first-order valence-electron chi connectivity index (χ1n) is 4.78. The van der Waals surface area contributed by atoms with Crippen LogP contribution in [0.25, 0.3) is 0 Å². The zero-order chi connectivity index (χ0) is 13.1. The van der Waals surface area contributed by atoms with Crippen molar-refractivity contribution in [3.8, 4) is 0 Å². The molecule has 0 saturated carbocycles. The number of hydrogen-bond acceptors (Lipinski definition) is 3. The van der Waals surface area contributed by atoms with Crippen LogP contribution in [0.4, 0.5) is 0 Å². The lowest BCUT2D eigenvalue weighted by atomic mass is 10.4. The standard InChI is InChI=1S/C10H12BrNO4S/c1-12(6-5-10(13)14)17(15,16)9-4-2-3-8(11)7-9/h2-4,7H,5-6H2,1H3,(H,13,14). The number of aliphatic carboxylic acids is 1. The second kappa shape index (κ2) is 5.61. The predicted molar refractivity (Wildman–Crippen MR) is 66.2 cm³/mol. The highest BCUT2D eigenvalue weighted by Crippen LogP contribution is 2.19. The van der Waals surface area contributed by atoms with Gasteiger partial charge in [-0.2, -0.15) is 0 Å². The van der Waals surface area contributed by atoms with Crippen molar-refractivity contribution >= 4 is 31.9 Å². The van der Waals surface area contributed by atoms with E-state index < -0.39 is 16.0 Å².